The predicted molar refractivity (Wildman–Crippen MR) is 147 cm³/mol. The molecule has 1 fully saturated rings. The summed E-state index contributed by atoms with van der Waals surface area (Å²) in [5, 5.41) is 0.552. The Kier molecular flexibility index (Phi) is 7.42. The molecule has 1 aromatic heterocycles. The van der Waals surface area contributed by atoms with Crippen LogP contribution in [0.25, 0.3) is 16.6 Å². The van der Waals surface area contributed by atoms with E-state index in [0.29, 0.717) is 53.5 Å². The van der Waals surface area contributed by atoms with E-state index in [0.717, 1.165) is 0 Å². The summed E-state index contributed by atoms with van der Waals surface area (Å²) in [6, 6.07) is 24.0. The molecule has 196 valence electrons. The minimum absolute atomic E-state index is 0.00345. The van der Waals surface area contributed by atoms with Crippen molar-refractivity contribution in [2.24, 2.45) is 0 Å². The van der Waals surface area contributed by atoms with E-state index in [2.05, 4.69) is 11.8 Å². The van der Waals surface area contributed by atoms with Crippen molar-refractivity contribution in [2.75, 3.05) is 33.4 Å². The molecule has 3 aromatic carbocycles. The Morgan fingerprint density at radius 1 is 1.00 bits per heavy atom. The Morgan fingerprint density at radius 2 is 1.71 bits per heavy atom. The van der Waals surface area contributed by atoms with Crippen LogP contribution in [0.1, 0.15) is 25.7 Å². The van der Waals surface area contributed by atoms with Crippen LogP contribution in [0.3, 0.4) is 0 Å². The lowest BCUT2D eigenvalue weighted by molar-refractivity contribution is -0.138. The molecule has 1 saturated heterocycles. The quantitative estimate of drug-likeness (QED) is 0.372. The fourth-order valence-electron chi connectivity index (χ4n) is 5.09. The van der Waals surface area contributed by atoms with E-state index in [9.17, 15) is 9.59 Å². The summed E-state index contributed by atoms with van der Waals surface area (Å²) in [4.78, 5) is 35.8. The first kappa shape index (κ1) is 25.5. The minimum Gasteiger partial charge on any atom is -0.495 e. The van der Waals surface area contributed by atoms with Gasteiger partial charge in [-0.3, -0.25) is 19.1 Å². The molecule has 0 spiro atoms. The monoisotopic (exact) mass is 512 g/mol. The van der Waals surface area contributed by atoms with Gasteiger partial charge in [0.1, 0.15) is 17.3 Å². The van der Waals surface area contributed by atoms with Crippen molar-refractivity contribution < 1.29 is 14.3 Å². The minimum atomic E-state index is -0.183. The molecule has 5 rings (SSSR count). The number of para-hydroxylation sites is 4. The third-order valence-electron chi connectivity index (χ3n) is 7.13. The molecule has 2 atom stereocenters. The zero-order chi connectivity index (χ0) is 26.6. The average Bonchev–Trinajstić information content (AvgIpc) is 2.96. The van der Waals surface area contributed by atoms with Crippen LogP contribution in [-0.4, -0.2) is 64.7 Å². The van der Waals surface area contributed by atoms with Gasteiger partial charge < -0.3 is 14.4 Å². The topological polar surface area (TPSA) is 76.9 Å². The van der Waals surface area contributed by atoms with E-state index in [1.54, 1.807) is 17.7 Å². The number of piperazine rings is 1. The van der Waals surface area contributed by atoms with Crippen molar-refractivity contribution in [3.05, 3.63) is 95.0 Å². The van der Waals surface area contributed by atoms with E-state index < -0.39 is 0 Å². The molecule has 1 amide bonds. The molecule has 38 heavy (non-hydrogen) atoms. The van der Waals surface area contributed by atoms with Gasteiger partial charge in [0.2, 0.25) is 0 Å². The van der Waals surface area contributed by atoms with E-state index in [1.165, 1.54) is 0 Å². The number of hydrogen-bond acceptors (Lipinski definition) is 6. The number of amides is 1. The number of ether oxygens (including phenoxy) is 2. The summed E-state index contributed by atoms with van der Waals surface area (Å²) in [6.07, 6.45) is 0. The van der Waals surface area contributed by atoms with Gasteiger partial charge in [-0.25, -0.2) is 4.98 Å². The number of carbonyl (C=O) groups excluding carboxylic acids is 1. The Balaban J connectivity index is 1.41. The Hall–Kier alpha value is -4.17. The van der Waals surface area contributed by atoms with Crippen molar-refractivity contribution >= 4 is 16.8 Å². The SMILES string of the molecule is COc1ccccc1-n1c(C(C)N2CCN(C(=O)COc3ccccc3)C(C)C2)nc2ccccc2c1=O. The zero-order valence-electron chi connectivity index (χ0n) is 21.9. The lowest BCUT2D eigenvalue weighted by atomic mass is 10.1. The highest BCUT2D eigenvalue weighted by atomic mass is 16.5. The molecule has 8 heteroatoms. The normalized spacial score (nSPS) is 16.8. The van der Waals surface area contributed by atoms with Gasteiger partial charge in [0.05, 0.1) is 29.7 Å². The number of hydrogen-bond donors (Lipinski definition) is 0. The fraction of sp³-hybridized carbons (Fsp3) is 0.300. The third-order valence-corrected chi connectivity index (χ3v) is 7.13. The second kappa shape index (κ2) is 11.1. The number of benzene rings is 3. The molecule has 1 aliphatic heterocycles. The van der Waals surface area contributed by atoms with Gasteiger partial charge in [-0.05, 0) is 50.2 Å². The van der Waals surface area contributed by atoms with E-state index in [-0.39, 0.29) is 30.2 Å². The van der Waals surface area contributed by atoms with E-state index >= 15 is 0 Å². The van der Waals surface area contributed by atoms with Crippen LogP contribution in [-0.2, 0) is 4.79 Å². The highest BCUT2D eigenvalue weighted by molar-refractivity contribution is 5.79. The van der Waals surface area contributed by atoms with Crippen LogP contribution in [0.15, 0.2) is 83.7 Å². The lowest BCUT2D eigenvalue weighted by Gasteiger charge is -2.42. The van der Waals surface area contributed by atoms with Gasteiger partial charge in [0, 0.05) is 25.7 Å². The number of nitrogens with zero attached hydrogens (tertiary/aromatic N) is 4. The Labute approximate surface area is 222 Å². The molecule has 4 aromatic rings. The van der Waals surface area contributed by atoms with E-state index in [4.69, 9.17) is 14.5 Å². The maximum Gasteiger partial charge on any atom is 0.266 e. The summed E-state index contributed by atoms with van der Waals surface area (Å²) in [7, 11) is 1.60. The zero-order valence-corrected chi connectivity index (χ0v) is 21.9. The van der Waals surface area contributed by atoms with Crippen molar-refractivity contribution in [3.63, 3.8) is 0 Å². The standard InChI is InChI=1S/C30H32N4O4/c1-21-19-32(17-18-33(21)28(35)20-38-23-11-5-4-6-12-23)22(2)29-31-25-14-8-7-13-24(25)30(36)34(29)26-15-9-10-16-27(26)37-3/h4-16,21-22H,17-20H2,1-3H3. The molecular formula is C30H32N4O4. The second-order valence-corrected chi connectivity index (χ2v) is 9.51. The molecule has 0 saturated carbocycles. The molecule has 0 radical (unpaired) electrons. The van der Waals surface area contributed by atoms with Gasteiger partial charge in [-0.15, -0.1) is 0 Å². The molecule has 0 N–H and O–H groups in total. The van der Waals surface area contributed by atoms with Crippen LogP contribution in [0.2, 0.25) is 0 Å². The molecule has 2 heterocycles. The van der Waals surface area contributed by atoms with Crippen molar-refractivity contribution in [1.82, 2.24) is 19.4 Å². The maximum absolute atomic E-state index is 13.8. The molecule has 0 aliphatic carbocycles. The summed E-state index contributed by atoms with van der Waals surface area (Å²) in [5.74, 6) is 1.88. The Morgan fingerprint density at radius 3 is 2.47 bits per heavy atom. The number of methoxy groups -OCH3 is 1. The summed E-state index contributed by atoms with van der Waals surface area (Å²) in [5.41, 5.74) is 1.17. The van der Waals surface area contributed by atoms with E-state index in [1.807, 2.05) is 84.6 Å². The lowest BCUT2D eigenvalue weighted by Crippen LogP contribution is -2.55. The predicted octanol–water partition coefficient (Wildman–Crippen LogP) is 4.07. The molecule has 8 nitrogen and oxygen atoms in total. The first-order valence-corrected chi connectivity index (χ1v) is 12.8. The molecule has 1 aliphatic rings. The van der Waals surface area contributed by atoms with Gasteiger partial charge >= 0.3 is 0 Å². The molecule has 2 unspecified atom stereocenters. The van der Waals surface area contributed by atoms with Crippen LogP contribution < -0.4 is 15.0 Å². The van der Waals surface area contributed by atoms with Crippen molar-refractivity contribution in [1.29, 1.82) is 0 Å². The summed E-state index contributed by atoms with van der Waals surface area (Å²) < 4.78 is 13.0. The summed E-state index contributed by atoms with van der Waals surface area (Å²) >= 11 is 0. The number of carbonyl (C=O) groups is 1. The first-order valence-electron chi connectivity index (χ1n) is 12.8. The second-order valence-electron chi connectivity index (χ2n) is 9.51. The van der Waals surface area contributed by atoms with Crippen LogP contribution in [0.4, 0.5) is 0 Å². The summed E-state index contributed by atoms with van der Waals surface area (Å²) in [6.45, 7) is 5.97. The van der Waals surface area contributed by atoms with Gasteiger partial charge in [0.25, 0.3) is 11.5 Å². The van der Waals surface area contributed by atoms with Gasteiger partial charge in [-0.1, -0.05) is 42.5 Å². The first-order chi connectivity index (χ1) is 18.5. The van der Waals surface area contributed by atoms with Crippen LogP contribution in [0, 0.1) is 0 Å². The fourth-order valence-corrected chi connectivity index (χ4v) is 5.09. The van der Waals surface area contributed by atoms with Gasteiger partial charge in [-0.2, -0.15) is 0 Å². The van der Waals surface area contributed by atoms with Crippen LogP contribution in [0.5, 0.6) is 11.5 Å². The number of fused-ring (bicyclic) bond motifs is 1. The largest absolute Gasteiger partial charge is 0.495 e. The van der Waals surface area contributed by atoms with Gasteiger partial charge in [0.15, 0.2) is 6.61 Å². The third kappa shape index (κ3) is 4.99. The highest BCUT2D eigenvalue weighted by Gasteiger charge is 2.32. The van der Waals surface area contributed by atoms with Crippen molar-refractivity contribution in [3.8, 4) is 17.2 Å². The van der Waals surface area contributed by atoms with Crippen molar-refractivity contribution in [2.45, 2.75) is 25.9 Å². The average molecular weight is 513 g/mol. The molecule has 0 bridgehead atoms. The number of rotatable bonds is 7. The highest BCUT2D eigenvalue weighted by Crippen LogP contribution is 2.28. The van der Waals surface area contributed by atoms with Crippen LogP contribution >= 0.6 is 0 Å². The maximum atomic E-state index is 13.8. The number of aromatic nitrogens is 2. The smallest absolute Gasteiger partial charge is 0.266 e. The molecular weight excluding hydrogens is 480 g/mol. The Bertz CT molecular complexity index is 1490.